The number of amides is 1. The monoisotopic (exact) mass is 340 g/mol. The van der Waals surface area contributed by atoms with Crippen LogP contribution in [0.4, 0.5) is 0 Å². The molecule has 1 unspecified atom stereocenters. The molecule has 23 heavy (non-hydrogen) atoms. The molecule has 1 saturated heterocycles. The van der Waals surface area contributed by atoms with Crippen LogP contribution in [0.25, 0.3) is 0 Å². The highest BCUT2D eigenvalue weighted by molar-refractivity contribution is 7.89. The molecule has 1 aromatic carbocycles. The van der Waals surface area contributed by atoms with Gasteiger partial charge in [0.1, 0.15) is 0 Å². The Morgan fingerprint density at radius 1 is 1.26 bits per heavy atom. The fraction of sp³-hybridized carbons (Fsp3) is 0.562. The van der Waals surface area contributed by atoms with Gasteiger partial charge in [0, 0.05) is 24.7 Å². The number of morpholine rings is 1. The van der Waals surface area contributed by atoms with E-state index in [1.165, 1.54) is 16.4 Å². The number of nitrogens with one attached hydrogen (secondary N) is 1. The summed E-state index contributed by atoms with van der Waals surface area (Å²) in [5.74, 6) is -0.179. The third-order valence-electron chi connectivity index (χ3n) is 3.82. The fourth-order valence-corrected chi connectivity index (χ4v) is 3.93. The molecular weight excluding hydrogens is 316 g/mol. The molecule has 1 fully saturated rings. The van der Waals surface area contributed by atoms with Gasteiger partial charge in [0.15, 0.2) is 0 Å². The fourth-order valence-electron chi connectivity index (χ4n) is 2.53. The molecule has 1 amide bonds. The van der Waals surface area contributed by atoms with Crippen molar-refractivity contribution in [1.82, 2.24) is 9.62 Å². The Bertz CT molecular complexity index is 622. The van der Waals surface area contributed by atoms with Gasteiger partial charge < -0.3 is 10.1 Å². The molecule has 0 aliphatic carbocycles. The summed E-state index contributed by atoms with van der Waals surface area (Å²) in [6, 6.07) is 6.20. The van der Waals surface area contributed by atoms with Crippen molar-refractivity contribution in [3.05, 3.63) is 29.8 Å². The average molecular weight is 340 g/mol. The molecule has 0 aromatic heterocycles. The number of hydrogen-bond acceptors (Lipinski definition) is 4. The van der Waals surface area contributed by atoms with Gasteiger partial charge in [-0.2, -0.15) is 4.31 Å². The van der Waals surface area contributed by atoms with Crippen LogP contribution in [0.5, 0.6) is 0 Å². The van der Waals surface area contributed by atoms with Crippen LogP contribution in [0.2, 0.25) is 0 Å². The molecule has 6 nitrogen and oxygen atoms in total. The lowest BCUT2D eigenvalue weighted by molar-refractivity contribution is 0.0730. The van der Waals surface area contributed by atoms with E-state index < -0.39 is 10.0 Å². The summed E-state index contributed by atoms with van der Waals surface area (Å²) in [6.07, 6.45) is 1.91. The summed E-state index contributed by atoms with van der Waals surface area (Å²) < 4.78 is 31.6. The van der Waals surface area contributed by atoms with Gasteiger partial charge in [-0.15, -0.1) is 0 Å². The summed E-state index contributed by atoms with van der Waals surface area (Å²) >= 11 is 0. The minimum atomic E-state index is -3.51. The van der Waals surface area contributed by atoms with E-state index in [-0.39, 0.29) is 16.8 Å². The zero-order valence-corrected chi connectivity index (χ0v) is 14.4. The first-order valence-electron chi connectivity index (χ1n) is 7.94. The molecule has 7 heteroatoms. The van der Waals surface area contributed by atoms with E-state index in [9.17, 15) is 13.2 Å². The molecule has 0 saturated carbocycles. The van der Waals surface area contributed by atoms with Gasteiger partial charge in [0.05, 0.1) is 18.1 Å². The molecule has 0 bridgehead atoms. The lowest BCUT2D eigenvalue weighted by atomic mass is 10.1. The van der Waals surface area contributed by atoms with Crippen LogP contribution < -0.4 is 5.32 Å². The normalized spacial score (nSPS) is 17.7. The van der Waals surface area contributed by atoms with Crippen LogP contribution in [-0.4, -0.2) is 51.0 Å². The van der Waals surface area contributed by atoms with Crippen molar-refractivity contribution in [2.24, 2.45) is 0 Å². The zero-order valence-electron chi connectivity index (χ0n) is 13.6. The van der Waals surface area contributed by atoms with E-state index >= 15 is 0 Å². The molecule has 2 rings (SSSR count). The third kappa shape index (κ3) is 4.53. The van der Waals surface area contributed by atoms with Crippen molar-refractivity contribution in [2.75, 3.05) is 26.3 Å². The molecule has 1 aliphatic rings. The molecule has 0 radical (unpaired) electrons. The Balaban J connectivity index is 2.08. The zero-order chi connectivity index (χ0) is 16.9. The number of benzene rings is 1. The molecule has 1 aromatic rings. The Morgan fingerprint density at radius 3 is 2.43 bits per heavy atom. The van der Waals surface area contributed by atoms with Gasteiger partial charge in [-0.1, -0.05) is 13.3 Å². The van der Waals surface area contributed by atoms with E-state index in [1.807, 2.05) is 6.92 Å². The van der Waals surface area contributed by atoms with Gasteiger partial charge in [-0.05, 0) is 37.6 Å². The van der Waals surface area contributed by atoms with Gasteiger partial charge in [0.25, 0.3) is 5.91 Å². The van der Waals surface area contributed by atoms with Crippen LogP contribution in [-0.2, 0) is 14.8 Å². The first-order chi connectivity index (χ1) is 10.9. The Hall–Kier alpha value is -1.44. The van der Waals surface area contributed by atoms with Gasteiger partial charge in [-0.25, -0.2) is 8.42 Å². The van der Waals surface area contributed by atoms with Crippen LogP contribution in [0.1, 0.15) is 37.0 Å². The maximum atomic E-state index is 12.5. The number of hydrogen-bond donors (Lipinski definition) is 1. The van der Waals surface area contributed by atoms with Gasteiger partial charge >= 0.3 is 0 Å². The second-order valence-electron chi connectivity index (χ2n) is 5.70. The molecular formula is C16H24N2O4S. The van der Waals surface area contributed by atoms with Gasteiger partial charge in [-0.3, -0.25) is 4.79 Å². The molecule has 1 atom stereocenters. The maximum Gasteiger partial charge on any atom is 0.251 e. The minimum Gasteiger partial charge on any atom is -0.379 e. The van der Waals surface area contributed by atoms with Crippen LogP contribution in [0.15, 0.2) is 29.2 Å². The first-order valence-corrected chi connectivity index (χ1v) is 9.38. The van der Waals surface area contributed by atoms with Crippen molar-refractivity contribution >= 4 is 15.9 Å². The molecule has 0 spiro atoms. The maximum absolute atomic E-state index is 12.5. The Labute approximate surface area is 137 Å². The van der Waals surface area contributed by atoms with Crippen molar-refractivity contribution in [3.63, 3.8) is 0 Å². The number of sulfonamides is 1. The second kappa shape index (κ2) is 7.90. The van der Waals surface area contributed by atoms with E-state index in [0.717, 1.165) is 12.8 Å². The first kappa shape index (κ1) is 17.9. The Kier molecular flexibility index (Phi) is 6.15. The van der Waals surface area contributed by atoms with E-state index in [0.29, 0.717) is 31.9 Å². The molecule has 1 N–H and O–H groups in total. The van der Waals surface area contributed by atoms with E-state index in [4.69, 9.17) is 4.74 Å². The van der Waals surface area contributed by atoms with Crippen molar-refractivity contribution in [3.8, 4) is 0 Å². The predicted octanol–water partition coefficient (Wildman–Crippen LogP) is 1.63. The summed E-state index contributed by atoms with van der Waals surface area (Å²) in [6.45, 7) is 5.56. The highest BCUT2D eigenvalue weighted by atomic mass is 32.2. The van der Waals surface area contributed by atoms with Crippen molar-refractivity contribution in [2.45, 2.75) is 37.6 Å². The molecule has 1 aliphatic heterocycles. The number of ether oxygens (including phenoxy) is 1. The molecule has 1 heterocycles. The largest absolute Gasteiger partial charge is 0.379 e. The average Bonchev–Trinajstić information content (AvgIpc) is 2.56. The number of carbonyl (C=O) groups excluding carboxylic acids is 1. The summed E-state index contributed by atoms with van der Waals surface area (Å²) in [4.78, 5) is 12.3. The SMILES string of the molecule is CCCC(C)NC(=O)c1ccc(S(=O)(=O)N2CCOCC2)cc1. The highest BCUT2D eigenvalue weighted by Crippen LogP contribution is 2.17. The summed E-state index contributed by atoms with van der Waals surface area (Å²) in [5.41, 5.74) is 0.467. The third-order valence-corrected chi connectivity index (χ3v) is 5.74. The number of rotatable bonds is 6. The van der Waals surface area contributed by atoms with E-state index in [1.54, 1.807) is 12.1 Å². The van der Waals surface area contributed by atoms with Crippen molar-refractivity contribution < 1.29 is 17.9 Å². The quantitative estimate of drug-likeness (QED) is 0.854. The smallest absolute Gasteiger partial charge is 0.251 e. The summed E-state index contributed by atoms with van der Waals surface area (Å²) in [5, 5.41) is 2.90. The highest BCUT2D eigenvalue weighted by Gasteiger charge is 2.26. The van der Waals surface area contributed by atoms with Crippen LogP contribution in [0.3, 0.4) is 0 Å². The number of nitrogens with zero attached hydrogens (tertiary/aromatic N) is 1. The van der Waals surface area contributed by atoms with Crippen LogP contribution in [0, 0.1) is 0 Å². The predicted molar refractivity (Wildman–Crippen MR) is 87.9 cm³/mol. The minimum absolute atomic E-state index is 0.101. The van der Waals surface area contributed by atoms with Crippen molar-refractivity contribution in [1.29, 1.82) is 0 Å². The lowest BCUT2D eigenvalue weighted by Crippen LogP contribution is -2.40. The van der Waals surface area contributed by atoms with Gasteiger partial charge in [0.2, 0.25) is 10.0 Å². The summed E-state index contributed by atoms with van der Waals surface area (Å²) in [7, 11) is -3.51. The lowest BCUT2D eigenvalue weighted by Gasteiger charge is -2.26. The number of carbonyl (C=O) groups is 1. The standard InChI is InChI=1S/C16H24N2O4S/c1-3-4-13(2)17-16(19)14-5-7-15(8-6-14)23(20,21)18-9-11-22-12-10-18/h5-8,13H,3-4,9-12H2,1-2H3,(H,17,19). The second-order valence-corrected chi connectivity index (χ2v) is 7.64. The molecule has 128 valence electrons. The van der Waals surface area contributed by atoms with E-state index in [2.05, 4.69) is 12.2 Å². The Morgan fingerprint density at radius 2 is 1.87 bits per heavy atom. The van der Waals surface area contributed by atoms with Crippen LogP contribution >= 0.6 is 0 Å². The topological polar surface area (TPSA) is 75.7 Å².